The molecule has 0 aromatic heterocycles. The van der Waals surface area contributed by atoms with Crippen LogP contribution in [0.15, 0.2) is 76.2 Å². The SMILES string of the molecule is COc1ccc(OC)c(CCNC(=O)[C@]2(Cc3ccccc3Br)N=C(c3ccc(OCCCO)cc3)O[C@@H]2C)c1. The molecule has 0 aliphatic carbocycles. The molecule has 0 radical (unpaired) electrons. The number of amides is 1. The minimum atomic E-state index is -1.17. The number of nitrogens with one attached hydrogen (secondary N) is 1. The van der Waals surface area contributed by atoms with Crippen molar-refractivity contribution in [3.05, 3.63) is 87.9 Å². The van der Waals surface area contributed by atoms with Crippen molar-refractivity contribution in [2.45, 2.75) is 37.8 Å². The zero-order valence-electron chi connectivity index (χ0n) is 23.0. The minimum Gasteiger partial charge on any atom is -0.497 e. The van der Waals surface area contributed by atoms with E-state index in [1.807, 2.05) is 73.7 Å². The van der Waals surface area contributed by atoms with Crippen molar-refractivity contribution in [3.63, 3.8) is 0 Å². The number of carbonyl (C=O) groups is 1. The van der Waals surface area contributed by atoms with Gasteiger partial charge < -0.3 is 29.4 Å². The number of halogens is 1. The van der Waals surface area contributed by atoms with Crippen LogP contribution in [0, 0.1) is 0 Å². The Morgan fingerprint density at radius 1 is 1.05 bits per heavy atom. The first-order valence-electron chi connectivity index (χ1n) is 13.2. The van der Waals surface area contributed by atoms with Gasteiger partial charge >= 0.3 is 0 Å². The Hall–Kier alpha value is -3.56. The van der Waals surface area contributed by atoms with Gasteiger partial charge in [0.25, 0.3) is 5.91 Å². The molecule has 2 atom stereocenters. The van der Waals surface area contributed by atoms with Crippen LogP contribution in [0.2, 0.25) is 0 Å². The standard InChI is InChI=1S/C31H35BrN2O6/c1-21-31(20-24-7-4-5-8-27(24)32,30(36)33-16-15-23-19-26(37-2)13-14-28(23)38-3)34-29(40-21)22-9-11-25(12-10-22)39-18-6-17-35/h4-5,7-14,19,21,35H,6,15-18,20H2,1-3H3,(H,33,36)/t21-,31-/m1/s1. The minimum absolute atomic E-state index is 0.0787. The molecule has 8 nitrogen and oxygen atoms in total. The Kier molecular flexibility index (Phi) is 10.1. The fourth-order valence-corrected chi connectivity index (χ4v) is 5.04. The molecule has 9 heteroatoms. The third-order valence-corrected chi connectivity index (χ3v) is 7.69. The molecule has 3 aromatic rings. The average molecular weight is 612 g/mol. The molecular formula is C31H35BrN2O6. The van der Waals surface area contributed by atoms with Crippen molar-refractivity contribution in [1.82, 2.24) is 5.32 Å². The molecule has 212 valence electrons. The van der Waals surface area contributed by atoms with Gasteiger partial charge in [-0.25, -0.2) is 4.99 Å². The summed E-state index contributed by atoms with van der Waals surface area (Å²) in [5.41, 5.74) is 1.47. The van der Waals surface area contributed by atoms with Crippen LogP contribution in [0.25, 0.3) is 0 Å². The lowest BCUT2D eigenvalue weighted by Gasteiger charge is -2.28. The Morgan fingerprint density at radius 3 is 2.50 bits per heavy atom. The zero-order valence-corrected chi connectivity index (χ0v) is 24.6. The second kappa shape index (κ2) is 13.7. The van der Waals surface area contributed by atoms with Crippen molar-refractivity contribution in [1.29, 1.82) is 0 Å². The first-order valence-corrected chi connectivity index (χ1v) is 14.0. The molecule has 1 aliphatic rings. The molecule has 1 heterocycles. The molecular weight excluding hydrogens is 576 g/mol. The largest absolute Gasteiger partial charge is 0.497 e. The van der Waals surface area contributed by atoms with Gasteiger partial charge in [-0.15, -0.1) is 0 Å². The number of aliphatic hydroxyl groups excluding tert-OH is 1. The highest BCUT2D eigenvalue weighted by Gasteiger charge is 2.50. The second-order valence-corrected chi connectivity index (χ2v) is 10.4. The lowest BCUT2D eigenvalue weighted by atomic mass is 9.86. The molecule has 1 aliphatic heterocycles. The fourth-order valence-electron chi connectivity index (χ4n) is 4.62. The van der Waals surface area contributed by atoms with E-state index in [4.69, 9.17) is 29.0 Å². The molecule has 0 bridgehead atoms. The predicted molar refractivity (Wildman–Crippen MR) is 158 cm³/mol. The molecule has 0 fully saturated rings. The van der Waals surface area contributed by atoms with Crippen molar-refractivity contribution in [2.75, 3.05) is 34.0 Å². The van der Waals surface area contributed by atoms with Gasteiger partial charge in [-0.05, 0) is 73.0 Å². The van der Waals surface area contributed by atoms with Crippen molar-refractivity contribution in [3.8, 4) is 17.2 Å². The summed E-state index contributed by atoms with van der Waals surface area (Å²) in [6, 6.07) is 20.8. The van der Waals surface area contributed by atoms with Crippen molar-refractivity contribution in [2.24, 2.45) is 4.99 Å². The van der Waals surface area contributed by atoms with Gasteiger partial charge in [0.05, 0.1) is 20.8 Å². The van der Waals surface area contributed by atoms with E-state index in [-0.39, 0.29) is 12.5 Å². The molecule has 1 amide bonds. The quantitative estimate of drug-likeness (QED) is 0.271. The number of hydrogen-bond donors (Lipinski definition) is 2. The molecule has 0 spiro atoms. The summed E-state index contributed by atoms with van der Waals surface area (Å²) < 4.78 is 23.6. The lowest BCUT2D eigenvalue weighted by molar-refractivity contribution is -0.128. The fraction of sp³-hybridized carbons (Fsp3) is 0.355. The van der Waals surface area contributed by atoms with E-state index in [1.165, 1.54) is 0 Å². The molecule has 2 N–H and O–H groups in total. The van der Waals surface area contributed by atoms with E-state index < -0.39 is 11.6 Å². The summed E-state index contributed by atoms with van der Waals surface area (Å²) in [6.07, 6.45) is 0.963. The number of benzene rings is 3. The van der Waals surface area contributed by atoms with Crippen molar-refractivity contribution < 1.29 is 28.8 Å². The van der Waals surface area contributed by atoms with Crippen LogP contribution in [0.4, 0.5) is 0 Å². The van der Waals surface area contributed by atoms with Crippen LogP contribution in [-0.4, -0.2) is 62.5 Å². The van der Waals surface area contributed by atoms with Crippen LogP contribution in [0.1, 0.15) is 30.0 Å². The van der Waals surface area contributed by atoms with Gasteiger partial charge in [-0.1, -0.05) is 34.1 Å². The summed E-state index contributed by atoms with van der Waals surface area (Å²) in [7, 11) is 3.24. The van der Waals surface area contributed by atoms with E-state index in [9.17, 15) is 4.79 Å². The van der Waals surface area contributed by atoms with Gasteiger partial charge in [0.1, 0.15) is 23.4 Å². The van der Waals surface area contributed by atoms with Gasteiger partial charge in [-0.3, -0.25) is 4.79 Å². The number of hydrogen-bond acceptors (Lipinski definition) is 7. The third kappa shape index (κ3) is 6.77. The lowest BCUT2D eigenvalue weighted by Crippen LogP contribution is -2.53. The molecule has 0 saturated heterocycles. The monoisotopic (exact) mass is 610 g/mol. The molecule has 4 rings (SSSR count). The Balaban J connectivity index is 1.58. The number of carbonyl (C=O) groups excluding carboxylic acids is 1. The highest BCUT2D eigenvalue weighted by atomic mass is 79.9. The first-order chi connectivity index (χ1) is 19.4. The Labute approximate surface area is 243 Å². The number of aliphatic imine (C=N–C) groups is 1. The van der Waals surface area contributed by atoms with E-state index in [2.05, 4.69) is 21.2 Å². The summed E-state index contributed by atoms with van der Waals surface area (Å²) in [4.78, 5) is 18.9. The molecule has 40 heavy (non-hydrogen) atoms. The molecule has 0 unspecified atom stereocenters. The van der Waals surface area contributed by atoms with Crippen LogP contribution in [-0.2, 0) is 22.4 Å². The van der Waals surface area contributed by atoms with Gasteiger partial charge in [0.15, 0.2) is 5.54 Å². The number of rotatable bonds is 13. The molecule has 0 saturated carbocycles. The summed E-state index contributed by atoms with van der Waals surface area (Å²) in [6.45, 7) is 2.78. The first kappa shape index (κ1) is 29.4. The van der Waals surface area contributed by atoms with Crippen LogP contribution >= 0.6 is 15.9 Å². The number of ether oxygens (including phenoxy) is 4. The van der Waals surface area contributed by atoms with E-state index in [0.717, 1.165) is 32.7 Å². The third-order valence-electron chi connectivity index (χ3n) is 6.91. The van der Waals surface area contributed by atoms with Crippen LogP contribution < -0.4 is 19.5 Å². The maximum Gasteiger partial charge on any atom is 0.252 e. The van der Waals surface area contributed by atoms with Crippen molar-refractivity contribution >= 4 is 27.7 Å². The summed E-state index contributed by atoms with van der Waals surface area (Å²) in [5, 5.41) is 12.1. The van der Waals surface area contributed by atoms with Crippen LogP contribution in [0.3, 0.4) is 0 Å². The maximum absolute atomic E-state index is 13.9. The zero-order chi connectivity index (χ0) is 28.5. The number of nitrogens with zero attached hydrogens (tertiary/aromatic N) is 1. The Bertz CT molecular complexity index is 1330. The van der Waals surface area contributed by atoms with Crippen LogP contribution in [0.5, 0.6) is 17.2 Å². The highest BCUT2D eigenvalue weighted by Crippen LogP contribution is 2.35. The topological polar surface area (TPSA) is 98.6 Å². The van der Waals surface area contributed by atoms with Gasteiger partial charge in [0, 0.05) is 36.0 Å². The Morgan fingerprint density at radius 2 is 1.80 bits per heavy atom. The van der Waals surface area contributed by atoms with Gasteiger partial charge in [-0.2, -0.15) is 0 Å². The number of methoxy groups -OCH3 is 2. The predicted octanol–water partition coefficient (Wildman–Crippen LogP) is 4.73. The summed E-state index contributed by atoms with van der Waals surface area (Å²) in [5.74, 6) is 2.35. The highest BCUT2D eigenvalue weighted by molar-refractivity contribution is 9.10. The maximum atomic E-state index is 13.9. The second-order valence-electron chi connectivity index (χ2n) is 9.50. The average Bonchev–Trinajstić information content (AvgIpc) is 3.31. The van der Waals surface area contributed by atoms with E-state index in [1.54, 1.807) is 14.2 Å². The number of aliphatic hydroxyl groups is 1. The molecule has 3 aromatic carbocycles. The summed E-state index contributed by atoms with van der Waals surface area (Å²) >= 11 is 3.63. The van der Waals surface area contributed by atoms with Gasteiger partial charge in [0.2, 0.25) is 5.90 Å². The smallest absolute Gasteiger partial charge is 0.252 e. The van der Waals surface area contributed by atoms with E-state index >= 15 is 0 Å². The van der Waals surface area contributed by atoms with E-state index in [0.29, 0.717) is 44.1 Å². The normalized spacial score (nSPS) is 18.0.